The lowest BCUT2D eigenvalue weighted by molar-refractivity contribution is 0.0973. The maximum atomic E-state index is 13.6. The zero-order valence-electron chi connectivity index (χ0n) is 11.5. The van der Waals surface area contributed by atoms with Gasteiger partial charge in [-0.25, -0.2) is 4.39 Å². The van der Waals surface area contributed by atoms with Gasteiger partial charge in [-0.2, -0.15) is 0 Å². The molecule has 1 N–H and O–H groups in total. The summed E-state index contributed by atoms with van der Waals surface area (Å²) >= 11 is 0. The molecule has 0 saturated carbocycles. The van der Waals surface area contributed by atoms with Crippen molar-refractivity contribution in [1.29, 1.82) is 0 Å². The minimum atomic E-state index is -0.241. The smallest absolute Gasteiger partial charge is 0.177 e. The van der Waals surface area contributed by atoms with Crippen LogP contribution in [0.1, 0.15) is 18.4 Å². The summed E-state index contributed by atoms with van der Waals surface area (Å²) in [5.41, 5.74) is 1.46. The number of piperidine rings is 3. The number of aryl methyl sites for hydroxylation is 1. The third-order valence-electron chi connectivity index (χ3n) is 4.70. The van der Waals surface area contributed by atoms with Crippen LogP contribution in [0.5, 0.6) is 0 Å². The molecule has 3 aliphatic rings. The number of benzene rings is 1. The van der Waals surface area contributed by atoms with E-state index in [0.29, 0.717) is 23.4 Å². The van der Waals surface area contributed by atoms with Gasteiger partial charge in [0, 0.05) is 12.6 Å². The molecule has 1 atom stereocenters. The van der Waals surface area contributed by atoms with Crippen molar-refractivity contribution >= 4 is 16.8 Å². The van der Waals surface area contributed by atoms with Gasteiger partial charge in [-0.1, -0.05) is 5.16 Å². The van der Waals surface area contributed by atoms with Gasteiger partial charge in [0.1, 0.15) is 5.82 Å². The molecule has 2 bridgehead atoms. The second-order valence-corrected chi connectivity index (χ2v) is 6.02. The number of fused-ring (bicyclic) bond motifs is 4. The van der Waals surface area contributed by atoms with Crippen molar-refractivity contribution in [3.05, 3.63) is 23.5 Å². The summed E-state index contributed by atoms with van der Waals surface area (Å²) in [6.07, 6.45) is 2.47. The van der Waals surface area contributed by atoms with Gasteiger partial charge < -0.3 is 14.7 Å². The molecule has 20 heavy (non-hydrogen) atoms. The normalized spacial score (nSPS) is 29.0. The Morgan fingerprint density at radius 3 is 2.85 bits per heavy atom. The van der Waals surface area contributed by atoms with Crippen molar-refractivity contribution in [2.24, 2.45) is 5.92 Å². The first-order valence-electron chi connectivity index (χ1n) is 7.25. The van der Waals surface area contributed by atoms with E-state index in [0.717, 1.165) is 17.5 Å². The van der Waals surface area contributed by atoms with Gasteiger partial charge in [-0.05, 0) is 56.5 Å². The molecule has 0 aliphatic carbocycles. The van der Waals surface area contributed by atoms with E-state index in [1.54, 1.807) is 0 Å². The Morgan fingerprint density at radius 1 is 1.35 bits per heavy atom. The highest BCUT2D eigenvalue weighted by molar-refractivity contribution is 5.90. The van der Waals surface area contributed by atoms with E-state index >= 15 is 0 Å². The van der Waals surface area contributed by atoms with E-state index in [-0.39, 0.29) is 5.82 Å². The maximum absolute atomic E-state index is 13.6. The maximum Gasteiger partial charge on any atom is 0.177 e. The predicted molar refractivity (Wildman–Crippen MR) is 75.3 cm³/mol. The molecule has 1 aromatic heterocycles. The number of anilines is 1. The monoisotopic (exact) mass is 275 g/mol. The molecule has 4 heterocycles. The Labute approximate surface area is 116 Å². The molecular weight excluding hydrogens is 257 g/mol. The number of hydrogen-bond donors (Lipinski definition) is 1. The van der Waals surface area contributed by atoms with Crippen LogP contribution in [-0.2, 0) is 0 Å². The number of rotatable bonds is 2. The highest BCUT2D eigenvalue weighted by Crippen LogP contribution is 2.32. The molecule has 5 heteroatoms. The fourth-order valence-corrected chi connectivity index (χ4v) is 3.58. The van der Waals surface area contributed by atoms with Crippen LogP contribution in [-0.4, -0.2) is 35.7 Å². The molecule has 5 rings (SSSR count). The van der Waals surface area contributed by atoms with Crippen LogP contribution in [0.3, 0.4) is 0 Å². The van der Waals surface area contributed by atoms with Crippen molar-refractivity contribution in [3.63, 3.8) is 0 Å². The lowest BCUT2D eigenvalue weighted by Crippen LogP contribution is -2.53. The van der Waals surface area contributed by atoms with Gasteiger partial charge in [0.15, 0.2) is 11.4 Å². The molecule has 0 amide bonds. The number of hydrogen-bond acceptors (Lipinski definition) is 4. The summed E-state index contributed by atoms with van der Waals surface area (Å²) in [5.74, 6) is 1.14. The fraction of sp³-hybridized carbons (Fsp3) is 0.533. The van der Waals surface area contributed by atoms with E-state index in [2.05, 4.69) is 15.4 Å². The minimum Gasteiger partial charge on any atom is -0.362 e. The largest absolute Gasteiger partial charge is 0.362 e. The summed E-state index contributed by atoms with van der Waals surface area (Å²) in [6.45, 7) is 5.30. The molecule has 4 nitrogen and oxygen atoms in total. The first-order chi connectivity index (χ1) is 9.70. The Morgan fingerprint density at radius 2 is 2.15 bits per heavy atom. The van der Waals surface area contributed by atoms with Crippen molar-refractivity contribution in [3.8, 4) is 0 Å². The van der Waals surface area contributed by atoms with Gasteiger partial charge in [-0.3, -0.25) is 0 Å². The van der Waals surface area contributed by atoms with Crippen LogP contribution in [0, 0.1) is 18.7 Å². The number of aromatic nitrogens is 1. The SMILES string of the molecule is Cc1cc(F)cc2c(NC3CN4CCC3CC4)noc12. The zero-order chi connectivity index (χ0) is 13.7. The summed E-state index contributed by atoms with van der Waals surface area (Å²) in [7, 11) is 0. The quantitative estimate of drug-likeness (QED) is 0.915. The number of nitrogens with zero attached hydrogens (tertiary/aromatic N) is 2. The molecule has 3 saturated heterocycles. The Bertz CT molecular complexity index is 646. The van der Waals surface area contributed by atoms with E-state index in [1.807, 2.05) is 6.92 Å². The average Bonchev–Trinajstić information content (AvgIpc) is 2.84. The minimum absolute atomic E-state index is 0.241. The van der Waals surface area contributed by atoms with E-state index in [9.17, 15) is 4.39 Å². The van der Waals surface area contributed by atoms with Gasteiger partial charge in [0.2, 0.25) is 0 Å². The first kappa shape index (κ1) is 12.1. The molecule has 1 aromatic carbocycles. The molecule has 3 fully saturated rings. The predicted octanol–water partition coefficient (Wildman–Crippen LogP) is 2.78. The van der Waals surface area contributed by atoms with Crippen LogP contribution in [0.4, 0.5) is 10.2 Å². The number of halogens is 1. The average molecular weight is 275 g/mol. The highest BCUT2D eigenvalue weighted by atomic mass is 19.1. The van der Waals surface area contributed by atoms with Gasteiger partial charge >= 0.3 is 0 Å². The molecule has 2 aromatic rings. The summed E-state index contributed by atoms with van der Waals surface area (Å²) in [4.78, 5) is 2.48. The highest BCUT2D eigenvalue weighted by Gasteiger charge is 2.34. The Hall–Kier alpha value is -1.62. The van der Waals surface area contributed by atoms with E-state index in [4.69, 9.17) is 4.52 Å². The summed E-state index contributed by atoms with van der Waals surface area (Å²) < 4.78 is 18.9. The van der Waals surface area contributed by atoms with E-state index < -0.39 is 0 Å². The van der Waals surface area contributed by atoms with Crippen molar-refractivity contribution < 1.29 is 8.91 Å². The molecule has 0 spiro atoms. The van der Waals surface area contributed by atoms with Crippen LogP contribution in [0.15, 0.2) is 16.7 Å². The lowest BCUT2D eigenvalue weighted by atomic mass is 9.84. The summed E-state index contributed by atoms with van der Waals surface area (Å²) in [6, 6.07) is 3.38. The third-order valence-corrected chi connectivity index (χ3v) is 4.70. The standard InChI is InChI=1S/C15H18FN3O/c1-9-6-11(16)7-12-14(9)20-18-15(12)17-13-8-19-4-2-10(13)3-5-19/h6-7,10,13H,2-5,8H2,1H3,(H,17,18). The van der Waals surface area contributed by atoms with Crippen LogP contribution >= 0.6 is 0 Å². The van der Waals surface area contributed by atoms with Crippen molar-refractivity contribution in [2.75, 3.05) is 25.0 Å². The van der Waals surface area contributed by atoms with Crippen LogP contribution in [0.2, 0.25) is 0 Å². The van der Waals surface area contributed by atoms with Crippen molar-refractivity contribution in [2.45, 2.75) is 25.8 Å². The van der Waals surface area contributed by atoms with Gasteiger partial charge in [0.25, 0.3) is 0 Å². The van der Waals surface area contributed by atoms with Gasteiger partial charge in [-0.15, -0.1) is 0 Å². The van der Waals surface area contributed by atoms with Crippen LogP contribution in [0.25, 0.3) is 11.0 Å². The zero-order valence-corrected chi connectivity index (χ0v) is 11.5. The van der Waals surface area contributed by atoms with Crippen LogP contribution < -0.4 is 5.32 Å². The molecule has 106 valence electrons. The topological polar surface area (TPSA) is 41.3 Å². The lowest BCUT2D eigenvalue weighted by Gasteiger charge is -2.44. The van der Waals surface area contributed by atoms with Crippen molar-refractivity contribution in [1.82, 2.24) is 10.1 Å². The number of nitrogens with one attached hydrogen (secondary N) is 1. The van der Waals surface area contributed by atoms with E-state index in [1.165, 1.54) is 38.1 Å². The molecule has 0 radical (unpaired) electrons. The second kappa shape index (κ2) is 4.45. The third kappa shape index (κ3) is 1.88. The first-order valence-corrected chi connectivity index (χ1v) is 7.25. The summed E-state index contributed by atoms with van der Waals surface area (Å²) in [5, 5.41) is 8.33. The molecular formula is C15H18FN3O. The van der Waals surface area contributed by atoms with Gasteiger partial charge in [0.05, 0.1) is 5.39 Å². The fourth-order valence-electron chi connectivity index (χ4n) is 3.58. The molecule has 1 unspecified atom stereocenters. The Balaban J connectivity index is 1.66. The second-order valence-electron chi connectivity index (χ2n) is 6.02. The molecule has 3 aliphatic heterocycles. The Kier molecular flexibility index (Phi) is 2.70.